The Labute approximate surface area is 154 Å². The smallest absolute Gasteiger partial charge is 0.269 e. The Hall–Kier alpha value is -4.00. The van der Waals surface area contributed by atoms with Crippen LogP contribution in [0, 0.1) is 10.1 Å². The zero-order valence-corrected chi connectivity index (χ0v) is 14.1. The molecule has 0 aliphatic rings. The summed E-state index contributed by atoms with van der Waals surface area (Å²) < 4.78 is 1.94. The number of fused-ring (bicyclic) bond motifs is 1. The zero-order valence-electron chi connectivity index (χ0n) is 14.1. The van der Waals surface area contributed by atoms with Gasteiger partial charge >= 0.3 is 0 Å². The van der Waals surface area contributed by atoms with Crippen LogP contribution in [0.2, 0.25) is 0 Å². The van der Waals surface area contributed by atoms with Gasteiger partial charge in [0.15, 0.2) is 0 Å². The highest BCUT2D eigenvalue weighted by Crippen LogP contribution is 2.22. The summed E-state index contributed by atoms with van der Waals surface area (Å²) in [5.74, 6) is -0.328. The number of hydrogen-bond acceptors (Lipinski definition) is 4. The Morgan fingerprint density at radius 1 is 1.00 bits per heavy atom. The van der Waals surface area contributed by atoms with Crippen molar-refractivity contribution in [3.63, 3.8) is 0 Å². The van der Waals surface area contributed by atoms with Crippen molar-refractivity contribution in [2.75, 3.05) is 5.32 Å². The number of non-ortho nitro benzene ring substituents is 1. The number of nitrogens with one attached hydrogen (secondary N) is 1. The van der Waals surface area contributed by atoms with Gasteiger partial charge in [-0.2, -0.15) is 0 Å². The molecule has 2 aromatic carbocycles. The van der Waals surface area contributed by atoms with E-state index in [4.69, 9.17) is 0 Å². The Bertz CT molecular complexity index is 1100. The number of amides is 1. The van der Waals surface area contributed by atoms with Gasteiger partial charge in [0, 0.05) is 41.3 Å². The average Bonchev–Trinajstić information content (AvgIpc) is 3.13. The molecule has 0 saturated carbocycles. The number of anilines is 1. The Morgan fingerprint density at radius 3 is 2.41 bits per heavy atom. The van der Waals surface area contributed by atoms with Gasteiger partial charge in [0.05, 0.1) is 10.6 Å². The second-order valence-corrected chi connectivity index (χ2v) is 5.93. The number of rotatable bonds is 4. The van der Waals surface area contributed by atoms with Crippen LogP contribution in [0.25, 0.3) is 16.9 Å². The summed E-state index contributed by atoms with van der Waals surface area (Å²) in [6.07, 6.45) is 3.88. The molecular weight excluding hydrogens is 344 g/mol. The fraction of sp³-hybridized carbons (Fsp3) is 0. The zero-order chi connectivity index (χ0) is 18.8. The van der Waals surface area contributed by atoms with E-state index in [0.29, 0.717) is 11.3 Å². The highest BCUT2D eigenvalue weighted by Gasteiger charge is 2.10. The lowest BCUT2D eigenvalue weighted by Crippen LogP contribution is -2.11. The van der Waals surface area contributed by atoms with Gasteiger partial charge in [0.1, 0.15) is 5.65 Å². The minimum atomic E-state index is -0.500. The van der Waals surface area contributed by atoms with E-state index in [0.717, 1.165) is 16.9 Å². The molecule has 0 bridgehead atoms. The fourth-order valence-electron chi connectivity index (χ4n) is 2.74. The van der Waals surface area contributed by atoms with E-state index in [1.54, 1.807) is 12.1 Å². The molecule has 0 saturated heterocycles. The summed E-state index contributed by atoms with van der Waals surface area (Å²) in [5, 5.41) is 13.5. The first-order valence-corrected chi connectivity index (χ1v) is 8.20. The summed E-state index contributed by atoms with van der Waals surface area (Å²) >= 11 is 0. The van der Waals surface area contributed by atoms with Crippen LogP contribution >= 0.6 is 0 Å². The number of benzene rings is 2. The van der Waals surface area contributed by atoms with E-state index in [-0.39, 0.29) is 11.6 Å². The molecule has 0 unspecified atom stereocenters. The normalized spacial score (nSPS) is 10.7. The number of carbonyl (C=O) groups excluding carboxylic acids is 1. The van der Waals surface area contributed by atoms with Gasteiger partial charge in [-0.1, -0.05) is 18.2 Å². The van der Waals surface area contributed by atoms with Crippen molar-refractivity contribution in [1.29, 1.82) is 0 Å². The molecular formula is C20H14N4O3. The predicted octanol–water partition coefficient (Wildman–Crippen LogP) is 4.16. The molecule has 132 valence electrons. The molecule has 1 N–H and O–H groups in total. The monoisotopic (exact) mass is 358 g/mol. The molecule has 2 heterocycles. The Kier molecular flexibility index (Phi) is 4.10. The van der Waals surface area contributed by atoms with E-state index in [1.165, 1.54) is 24.3 Å². The van der Waals surface area contributed by atoms with E-state index in [9.17, 15) is 14.9 Å². The summed E-state index contributed by atoms with van der Waals surface area (Å²) in [6, 6.07) is 18.6. The molecule has 0 aliphatic heterocycles. The fourth-order valence-corrected chi connectivity index (χ4v) is 2.74. The van der Waals surface area contributed by atoms with Gasteiger partial charge < -0.3 is 9.72 Å². The number of hydrogen-bond donors (Lipinski definition) is 1. The van der Waals surface area contributed by atoms with E-state index >= 15 is 0 Å². The van der Waals surface area contributed by atoms with Crippen LogP contribution in [0.5, 0.6) is 0 Å². The summed E-state index contributed by atoms with van der Waals surface area (Å²) in [5.41, 5.74) is 3.57. The number of imidazole rings is 1. The molecule has 7 nitrogen and oxygen atoms in total. The second-order valence-electron chi connectivity index (χ2n) is 5.93. The first-order valence-electron chi connectivity index (χ1n) is 8.20. The summed E-state index contributed by atoms with van der Waals surface area (Å²) in [7, 11) is 0. The third-order valence-corrected chi connectivity index (χ3v) is 4.14. The van der Waals surface area contributed by atoms with Crippen molar-refractivity contribution >= 4 is 22.9 Å². The Morgan fingerprint density at radius 2 is 1.74 bits per heavy atom. The van der Waals surface area contributed by atoms with Gasteiger partial charge in [-0.3, -0.25) is 14.9 Å². The first-order chi connectivity index (χ1) is 13.1. The van der Waals surface area contributed by atoms with E-state index in [2.05, 4.69) is 10.3 Å². The average molecular weight is 358 g/mol. The number of carbonyl (C=O) groups is 1. The van der Waals surface area contributed by atoms with Crippen molar-refractivity contribution in [3.8, 4) is 11.3 Å². The van der Waals surface area contributed by atoms with E-state index in [1.807, 2.05) is 47.1 Å². The lowest BCUT2D eigenvalue weighted by molar-refractivity contribution is -0.384. The van der Waals surface area contributed by atoms with Gasteiger partial charge in [0.2, 0.25) is 0 Å². The van der Waals surface area contributed by atoms with Crippen LogP contribution < -0.4 is 5.32 Å². The van der Waals surface area contributed by atoms with Crippen molar-refractivity contribution in [2.24, 2.45) is 0 Å². The van der Waals surface area contributed by atoms with Crippen LogP contribution in [-0.2, 0) is 0 Å². The van der Waals surface area contributed by atoms with Crippen molar-refractivity contribution in [1.82, 2.24) is 9.38 Å². The summed E-state index contributed by atoms with van der Waals surface area (Å²) in [6.45, 7) is 0. The Balaban J connectivity index is 1.50. The molecule has 0 atom stereocenters. The molecule has 0 fully saturated rings. The third kappa shape index (κ3) is 3.38. The second kappa shape index (κ2) is 6.72. The molecule has 27 heavy (non-hydrogen) atoms. The molecule has 0 spiro atoms. The maximum atomic E-state index is 12.3. The van der Waals surface area contributed by atoms with Gasteiger partial charge in [-0.25, -0.2) is 4.98 Å². The van der Waals surface area contributed by atoms with Crippen molar-refractivity contribution < 1.29 is 9.72 Å². The van der Waals surface area contributed by atoms with Crippen molar-refractivity contribution in [3.05, 3.63) is 94.8 Å². The standard InChI is InChI=1S/C20H14N4O3/c25-20(15-6-10-17(11-7-15)24(26)27)21-16-8-4-14(5-9-16)18-13-23-12-2-1-3-19(23)22-18/h1-13H,(H,21,25). The van der Waals surface area contributed by atoms with Crippen molar-refractivity contribution in [2.45, 2.75) is 0 Å². The highest BCUT2D eigenvalue weighted by molar-refractivity contribution is 6.04. The number of nitro benzene ring substituents is 1. The van der Waals surface area contributed by atoms with Gasteiger partial charge in [-0.15, -0.1) is 0 Å². The number of aromatic nitrogens is 2. The molecule has 0 aliphatic carbocycles. The SMILES string of the molecule is O=C(Nc1ccc(-c2cn3ccccc3n2)cc1)c1ccc([N+](=O)[O-])cc1. The van der Waals surface area contributed by atoms with Crippen LogP contribution in [0.15, 0.2) is 79.1 Å². The largest absolute Gasteiger partial charge is 0.322 e. The van der Waals surface area contributed by atoms with E-state index < -0.39 is 4.92 Å². The minimum Gasteiger partial charge on any atom is -0.322 e. The molecule has 4 rings (SSSR count). The molecule has 7 heteroatoms. The summed E-state index contributed by atoms with van der Waals surface area (Å²) in [4.78, 5) is 27.0. The maximum absolute atomic E-state index is 12.3. The quantitative estimate of drug-likeness (QED) is 0.438. The molecule has 0 radical (unpaired) electrons. The topological polar surface area (TPSA) is 89.5 Å². The molecule has 2 aromatic heterocycles. The molecule has 4 aromatic rings. The minimum absolute atomic E-state index is 0.0524. The van der Waals surface area contributed by atoms with Gasteiger partial charge in [0.25, 0.3) is 11.6 Å². The van der Waals surface area contributed by atoms with Crippen LogP contribution in [0.3, 0.4) is 0 Å². The lowest BCUT2D eigenvalue weighted by atomic mass is 10.1. The predicted molar refractivity (Wildman–Crippen MR) is 102 cm³/mol. The van der Waals surface area contributed by atoms with Crippen LogP contribution in [0.4, 0.5) is 11.4 Å². The number of pyridine rings is 1. The number of nitrogens with zero attached hydrogens (tertiary/aromatic N) is 3. The maximum Gasteiger partial charge on any atom is 0.269 e. The number of nitro groups is 1. The van der Waals surface area contributed by atoms with Crippen LogP contribution in [0.1, 0.15) is 10.4 Å². The molecule has 1 amide bonds. The highest BCUT2D eigenvalue weighted by atomic mass is 16.6. The third-order valence-electron chi connectivity index (χ3n) is 4.14. The first kappa shape index (κ1) is 16.5. The lowest BCUT2D eigenvalue weighted by Gasteiger charge is -2.06. The van der Waals surface area contributed by atoms with Gasteiger partial charge in [-0.05, 0) is 36.4 Å². The van der Waals surface area contributed by atoms with Crippen LogP contribution in [-0.4, -0.2) is 20.2 Å².